The van der Waals surface area contributed by atoms with Crippen LogP contribution in [0.5, 0.6) is 0 Å². The second-order valence-electron chi connectivity index (χ2n) is 1.17. The Labute approximate surface area is 136 Å². The molecular weight excluding hydrogens is 355 g/mol. The fraction of sp³-hybridized carbons (Fsp3) is 0.200. The van der Waals surface area contributed by atoms with Crippen molar-refractivity contribution in [3.05, 3.63) is 24.3 Å². The number of rotatable bonds is 0. The van der Waals surface area contributed by atoms with Crippen LogP contribution in [-0.2, 0) is 98.1 Å². The van der Waals surface area contributed by atoms with Gasteiger partial charge >= 0.3 is 0 Å². The van der Waals surface area contributed by atoms with Crippen LogP contribution in [0.1, 0.15) is 5.56 Å². The third-order valence-electron chi connectivity index (χ3n) is 0.547. The molecule has 0 amide bonds. The van der Waals surface area contributed by atoms with Crippen molar-refractivity contribution in [2.75, 3.05) is 0 Å². The van der Waals surface area contributed by atoms with Crippen LogP contribution < -0.4 is 0 Å². The fourth-order valence-electron chi connectivity index (χ4n) is 0.268. The summed E-state index contributed by atoms with van der Waals surface area (Å²) >= 11 is 0. The van der Waals surface area contributed by atoms with Gasteiger partial charge in [0.25, 0.3) is 0 Å². The predicted molar refractivity (Wildman–Crippen MR) is 23.3 cm³/mol. The second-order valence-corrected chi connectivity index (χ2v) is 1.17. The van der Waals surface area contributed by atoms with Gasteiger partial charge in [-0.05, 0) is 0 Å². The molecule has 0 fully saturated rings. The summed E-state index contributed by atoms with van der Waals surface area (Å²) < 4.78 is 0. The summed E-state index contributed by atoms with van der Waals surface area (Å²) in [7, 11) is 0. The van der Waals surface area contributed by atoms with Crippen LogP contribution in [0.4, 0.5) is 0 Å². The smallest absolute Gasteiger partial charge is 0 e. The van der Waals surface area contributed by atoms with E-state index in [2.05, 4.69) is 28.7 Å². The van der Waals surface area contributed by atoms with Gasteiger partial charge in [-0.25, -0.2) is 0 Å². The molecule has 0 bridgehead atoms. The van der Waals surface area contributed by atoms with E-state index in [1.165, 1.54) is 0 Å². The molecule has 0 spiro atoms. The summed E-state index contributed by atoms with van der Waals surface area (Å²) in [6.45, 7) is 1.83. The van der Waals surface area contributed by atoms with E-state index in [9.17, 15) is 0 Å². The number of hydrogen-bond donors (Lipinski definition) is 0. The molecule has 0 aliphatic rings. The summed E-state index contributed by atoms with van der Waals surface area (Å²) in [5, 5.41) is 0. The molecule has 5 heteroatoms. The minimum absolute atomic E-state index is 0. The minimum Gasteiger partial charge on any atom is -0.663 e. The van der Waals surface area contributed by atoms with Crippen LogP contribution in [0.15, 0.2) is 0 Å². The van der Waals surface area contributed by atoms with E-state index in [0.717, 1.165) is 5.56 Å². The molecule has 1 aromatic rings. The maximum absolute atomic E-state index is 3.49. The molecule has 3 radical (unpaired) electrons. The third-order valence-corrected chi connectivity index (χ3v) is 0.547. The van der Waals surface area contributed by atoms with Crippen molar-refractivity contribution in [1.29, 1.82) is 0 Å². The van der Waals surface area contributed by atoms with Gasteiger partial charge in [0.2, 0.25) is 0 Å². The van der Waals surface area contributed by atoms with Crippen molar-refractivity contribution >= 4 is 0 Å². The van der Waals surface area contributed by atoms with Crippen LogP contribution in [-0.4, -0.2) is 9.97 Å². The minimum atomic E-state index is 0. The molecule has 0 unspecified atom stereocenters. The second kappa shape index (κ2) is 11.4. The molecule has 0 aliphatic carbocycles. The quantitative estimate of drug-likeness (QED) is 0.619. The molecule has 0 aliphatic heterocycles. The average molecular weight is 358 g/mol. The zero-order valence-corrected chi connectivity index (χ0v) is 14.1. The Morgan fingerprint density at radius 3 is 1.60 bits per heavy atom. The first-order chi connectivity index (χ1) is 3.39. The summed E-state index contributed by atoms with van der Waals surface area (Å²) in [5.74, 6) is 0. The zero-order valence-electron chi connectivity index (χ0n) is 5.63. The van der Waals surface area contributed by atoms with E-state index in [1.54, 1.807) is 0 Å². The van der Waals surface area contributed by atoms with Gasteiger partial charge in [-0.15, -0.1) is 6.92 Å². The number of aryl methyl sites for hydroxylation is 1. The molecule has 1 heterocycles. The Kier molecular flexibility index (Phi) is 20.8. The Bertz CT molecular complexity index is 145. The van der Waals surface area contributed by atoms with E-state index in [0.29, 0.717) is 0 Å². The van der Waals surface area contributed by atoms with Crippen molar-refractivity contribution in [2.45, 2.75) is 6.92 Å². The van der Waals surface area contributed by atoms with Gasteiger partial charge in [0, 0.05) is 98.1 Å². The van der Waals surface area contributed by atoms with Crippen molar-refractivity contribution in [3.8, 4) is 0 Å². The topological polar surface area (TPSA) is 25.8 Å². The molecule has 0 saturated carbocycles. The Morgan fingerprint density at radius 2 is 1.40 bits per heavy atom. The maximum Gasteiger partial charge on any atom is 0 e. The van der Waals surface area contributed by atoms with Crippen LogP contribution >= 0.6 is 0 Å². The molecule has 0 saturated heterocycles. The largest absolute Gasteiger partial charge is 0.663 e. The summed E-state index contributed by atoms with van der Waals surface area (Å²) in [6, 6.07) is 0. The molecule has 0 aromatic carbocycles. The van der Waals surface area contributed by atoms with Gasteiger partial charge in [0.1, 0.15) is 0 Å². The van der Waals surface area contributed by atoms with Crippen molar-refractivity contribution in [3.63, 3.8) is 0 Å². The summed E-state index contributed by atoms with van der Waals surface area (Å²) in [4.78, 5) is 6.98. The van der Waals surface area contributed by atoms with Gasteiger partial charge in [-0.1, -0.05) is 0 Å². The average Bonchev–Trinajstić information content (AvgIpc) is 1.69. The van der Waals surface area contributed by atoms with Gasteiger partial charge in [-0.2, -0.15) is 0 Å². The van der Waals surface area contributed by atoms with E-state index < -0.39 is 0 Å². The molecule has 0 N–H and O–H groups in total. The van der Waals surface area contributed by atoms with Crippen LogP contribution in [0.3, 0.4) is 0 Å². The van der Waals surface area contributed by atoms with Gasteiger partial charge in [-0.3, -0.25) is 0 Å². The monoisotopic (exact) mass is 358 g/mol. The number of nitrogens with zero attached hydrogens (tertiary/aromatic N) is 2. The van der Waals surface area contributed by atoms with Gasteiger partial charge < -0.3 is 34.3 Å². The van der Waals surface area contributed by atoms with Gasteiger partial charge in [0.15, 0.2) is 0 Å². The molecule has 45 valence electrons. The number of hydrogen-bond acceptors (Lipinski definition) is 2. The van der Waals surface area contributed by atoms with Crippen LogP contribution in [0.25, 0.3) is 0 Å². The molecule has 1 rings (SSSR count). The third kappa shape index (κ3) is 8.49. The van der Waals surface area contributed by atoms with Gasteiger partial charge in [0.05, 0.1) is 0 Å². The van der Waals surface area contributed by atoms with Crippen molar-refractivity contribution < 1.29 is 98.1 Å². The van der Waals surface area contributed by atoms with E-state index in [4.69, 9.17) is 0 Å². The van der Waals surface area contributed by atoms with Crippen LogP contribution in [0, 0.1) is 25.6 Å². The number of aromatic nitrogens is 2. The van der Waals surface area contributed by atoms with Crippen molar-refractivity contribution in [2.24, 2.45) is 0 Å². The Morgan fingerprint density at radius 1 is 1.00 bits per heavy atom. The van der Waals surface area contributed by atoms with E-state index in [-0.39, 0.29) is 98.1 Å². The fourth-order valence-corrected chi connectivity index (χ4v) is 0.268. The molecule has 1 aromatic heterocycles. The van der Waals surface area contributed by atoms with E-state index in [1.807, 2.05) is 6.92 Å². The first-order valence-electron chi connectivity index (χ1n) is 1.89. The molecule has 2 nitrogen and oxygen atoms in total. The summed E-state index contributed by atoms with van der Waals surface area (Å²) in [6.07, 6.45) is 7.54. The first-order valence-corrected chi connectivity index (χ1v) is 1.89. The van der Waals surface area contributed by atoms with E-state index >= 15 is 0 Å². The zero-order chi connectivity index (χ0) is 5.11. The molecule has 0 atom stereocenters. The normalized spacial score (nSPS) is 6.10. The predicted octanol–water partition coefficient (Wildman–Crippen LogP) is 0.178. The van der Waals surface area contributed by atoms with Crippen molar-refractivity contribution in [1.82, 2.24) is 9.97 Å². The standard InChI is InChI=1S/C5H3N2.3Y/c1-5-2-6-4-7-3-5;;;/h1H3;;;/q-3;;;. The maximum atomic E-state index is 3.49. The summed E-state index contributed by atoms with van der Waals surface area (Å²) in [5.41, 5.74) is 0.818. The first kappa shape index (κ1) is 18.2. The van der Waals surface area contributed by atoms with Crippen LogP contribution in [0.2, 0.25) is 0 Å². The SMILES string of the molecule is Cc1[c-]n[c-]n[c-]1.[Y].[Y].[Y]. The Hall–Kier alpha value is 2.39. The molecule has 10 heavy (non-hydrogen) atoms. The molecular formula is C5H3N2Y3-3. The Balaban J connectivity index is -0.000000163.